The summed E-state index contributed by atoms with van der Waals surface area (Å²) in [5.74, 6) is 1.25. The van der Waals surface area contributed by atoms with Crippen molar-refractivity contribution in [3.8, 4) is 0 Å². The van der Waals surface area contributed by atoms with Gasteiger partial charge in [0.05, 0.1) is 6.54 Å². The van der Waals surface area contributed by atoms with Crippen LogP contribution in [0, 0.1) is 5.92 Å². The number of rotatable bonds is 11. The van der Waals surface area contributed by atoms with Gasteiger partial charge in [-0.3, -0.25) is 9.79 Å². The van der Waals surface area contributed by atoms with E-state index in [1.807, 2.05) is 42.2 Å². The van der Waals surface area contributed by atoms with E-state index in [9.17, 15) is 4.79 Å². The lowest BCUT2D eigenvalue weighted by atomic mass is 10.2. The number of amides is 1. The highest BCUT2D eigenvalue weighted by molar-refractivity contribution is 5.86. The van der Waals surface area contributed by atoms with Gasteiger partial charge in [-0.1, -0.05) is 44.2 Å². The van der Waals surface area contributed by atoms with E-state index in [2.05, 4.69) is 29.5 Å². The number of hydrogen-bond acceptors (Lipinski definition) is 3. The third-order valence-corrected chi connectivity index (χ3v) is 3.79. The van der Waals surface area contributed by atoms with Crippen LogP contribution in [-0.4, -0.2) is 56.7 Å². The van der Waals surface area contributed by atoms with E-state index < -0.39 is 0 Å². The van der Waals surface area contributed by atoms with Gasteiger partial charge >= 0.3 is 0 Å². The fourth-order valence-electron chi connectivity index (χ4n) is 2.37. The molecule has 0 saturated carbocycles. The summed E-state index contributed by atoms with van der Waals surface area (Å²) < 4.78 is 5.55. The Hall–Kier alpha value is -2.08. The standard InChI is InChI=1S/C20H34N4O2/c1-5-24(15-18-10-7-6-8-11-18)19(25)14-23-20(21-4)22-12-9-13-26-16-17(2)3/h6-8,10-11,17H,5,9,12-16H2,1-4H3,(H2,21,22,23). The Morgan fingerprint density at radius 2 is 1.96 bits per heavy atom. The number of nitrogens with one attached hydrogen (secondary N) is 2. The highest BCUT2D eigenvalue weighted by Crippen LogP contribution is 2.04. The largest absolute Gasteiger partial charge is 0.381 e. The molecule has 0 radical (unpaired) electrons. The third kappa shape index (κ3) is 9.42. The van der Waals surface area contributed by atoms with Crippen LogP contribution in [-0.2, 0) is 16.1 Å². The number of nitrogens with zero attached hydrogens (tertiary/aromatic N) is 2. The van der Waals surface area contributed by atoms with Gasteiger partial charge in [-0.15, -0.1) is 0 Å². The number of hydrogen-bond donors (Lipinski definition) is 2. The second-order valence-electron chi connectivity index (χ2n) is 6.57. The van der Waals surface area contributed by atoms with Crippen LogP contribution in [0.4, 0.5) is 0 Å². The van der Waals surface area contributed by atoms with Crippen LogP contribution in [0.1, 0.15) is 32.8 Å². The number of benzene rings is 1. The Bertz CT molecular complexity index is 532. The molecular weight excluding hydrogens is 328 g/mol. The van der Waals surface area contributed by atoms with E-state index in [4.69, 9.17) is 4.74 Å². The van der Waals surface area contributed by atoms with Gasteiger partial charge in [0.1, 0.15) is 0 Å². The average molecular weight is 363 g/mol. The SMILES string of the molecule is CCN(Cc1ccccc1)C(=O)CNC(=NC)NCCCOCC(C)C. The predicted molar refractivity (Wildman–Crippen MR) is 107 cm³/mol. The van der Waals surface area contributed by atoms with Gasteiger partial charge in [0, 0.05) is 39.9 Å². The van der Waals surface area contributed by atoms with Crippen LogP contribution in [0.3, 0.4) is 0 Å². The van der Waals surface area contributed by atoms with Crippen molar-refractivity contribution >= 4 is 11.9 Å². The molecule has 0 aromatic heterocycles. The van der Waals surface area contributed by atoms with Crippen molar-refractivity contribution in [2.75, 3.05) is 39.9 Å². The Morgan fingerprint density at radius 1 is 1.23 bits per heavy atom. The molecule has 26 heavy (non-hydrogen) atoms. The number of guanidine groups is 1. The topological polar surface area (TPSA) is 66.0 Å². The quantitative estimate of drug-likeness (QED) is 0.360. The fraction of sp³-hybridized carbons (Fsp3) is 0.600. The summed E-state index contributed by atoms with van der Waals surface area (Å²) in [6, 6.07) is 10.0. The second kappa shape index (κ2) is 13.2. The molecular formula is C20H34N4O2. The average Bonchev–Trinajstić information content (AvgIpc) is 2.65. The zero-order valence-corrected chi connectivity index (χ0v) is 16.6. The molecule has 0 spiro atoms. The Morgan fingerprint density at radius 3 is 2.58 bits per heavy atom. The monoisotopic (exact) mass is 362 g/mol. The van der Waals surface area contributed by atoms with E-state index in [1.54, 1.807) is 7.05 Å². The highest BCUT2D eigenvalue weighted by atomic mass is 16.5. The Labute approximate surface area is 158 Å². The van der Waals surface area contributed by atoms with Crippen LogP contribution in [0.2, 0.25) is 0 Å². The molecule has 1 amide bonds. The first-order valence-electron chi connectivity index (χ1n) is 9.40. The lowest BCUT2D eigenvalue weighted by Crippen LogP contribution is -2.44. The van der Waals surface area contributed by atoms with E-state index in [1.165, 1.54) is 0 Å². The molecule has 0 fully saturated rings. The molecule has 0 aliphatic rings. The van der Waals surface area contributed by atoms with E-state index in [0.717, 1.165) is 31.7 Å². The normalized spacial score (nSPS) is 11.5. The van der Waals surface area contributed by atoms with E-state index >= 15 is 0 Å². The van der Waals surface area contributed by atoms with Crippen LogP contribution < -0.4 is 10.6 Å². The van der Waals surface area contributed by atoms with Gasteiger partial charge in [-0.05, 0) is 24.8 Å². The number of ether oxygens (including phenoxy) is 1. The zero-order valence-electron chi connectivity index (χ0n) is 16.6. The minimum Gasteiger partial charge on any atom is -0.381 e. The Balaban J connectivity index is 2.29. The number of likely N-dealkylation sites (N-methyl/N-ethyl adjacent to an activating group) is 1. The van der Waals surface area contributed by atoms with Crippen LogP contribution >= 0.6 is 0 Å². The molecule has 146 valence electrons. The minimum atomic E-state index is 0.0552. The summed E-state index contributed by atoms with van der Waals surface area (Å²) in [4.78, 5) is 18.4. The summed E-state index contributed by atoms with van der Waals surface area (Å²) >= 11 is 0. The maximum absolute atomic E-state index is 12.4. The van der Waals surface area contributed by atoms with Crippen molar-refractivity contribution in [1.82, 2.24) is 15.5 Å². The van der Waals surface area contributed by atoms with E-state index in [-0.39, 0.29) is 12.5 Å². The molecule has 0 bridgehead atoms. The molecule has 6 heteroatoms. The number of carbonyl (C=O) groups is 1. The first-order chi connectivity index (χ1) is 12.6. The molecule has 0 saturated heterocycles. The summed E-state index contributed by atoms with van der Waals surface area (Å²) in [7, 11) is 1.70. The van der Waals surface area contributed by atoms with Crippen LogP contribution in [0.5, 0.6) is 0 Å². The van der Waals surface area contributed by atoms with Gasteiger partial charge in [0.25, 0.3) is 0 Å². The van der Waals surface area contributed by atoms with Gasteiger partial charge in [0.15, 0.2) is 5.96 Å². The summed E-state index contributed by atoms with van der Waals surface area (Å²) in [5, 5.41) is 6.29. The minimum absolute atomic E-state index is 0.0552. The summed E-state index contributed by atoms with van der Waals surface area (Å²) in [5.41, 5.74) is 1.13. The van der Waals surface area contributed by atoms with Crippen molar-refractivity contribution in [1.29, 1.82) is 0 Å². The zero-order chi connectivity index (χ0) is 19.2. The van der Waals surface area contributed by atoms with Crippen molar-refractivity contribution in [2.45, 2.75) is 33.7 Å². The van der Waals surface area contributed by atoms with Gasteiger partial charge in [-0.25, -0.2) is 0 Å². The lowest BCUT2D eigenvalue weighted by Gasteiger charge is -2.22. The molecule has 1 aromatic carbocycles. The first kappa shape index (κ1) is 22.0. The van der Waals surface area contributed by atoms with Crippen molar-refractivity contribution in [3.63, 3.8) is 0 Å². The molecule has 0 aliphatic carbocycles. The van der Waals surface area contributed by atoms with Crippen molar-refractivity contribution < 1.29 is 9.53 Å². The molecule has 1 aromatic rings. The number of carbonyl (C=O) groups excluding carboxylic acids is 1. The maximum atomic E-state index is 12.4. The predicted octanol–water partition coefficient (Wildman–Crippen LogP) is 2.26. The van der Waals surface area contributed by atoms with Crippen molar-refractivity contribution in [2.24, 2.45) is 10.9 Å². The fourth-order valence-corrected chi connectivity index (χ4v) is 2.37. The lowest BCUT2D eigenvalue weighted by molar-refractivity contribution is -0.130. The number of aliphatic imine (C=N–C) groups is 1. The highest BCUT2D eigenvalue weighted by Gasteiger charge is 2.12. The van der Waals surface area contributed by atoms with Crippen LogP contribution in [0.15, 0.2) is 35.3 Å². The second-order valence-corrected chi connectivity index (χ2v) is 6.57. The molecule has 0 unspecified atom stereocenters. The van der Waals surface area contributed by atoms with Crippen LogP contribution in [0.25, 0.3) is 0 Å². The van der Waals surface area contributed by atoms with Gasteiger partial charge < -0.3 is 20.3 Å². The van der Waals surface area contributed by atoms with Gasteiger partial charge in [-0.2, -0.15) is 0 Å². The van der Waals surface area contributed by atoms with Gasteiger partial charge in [0.2, 0.25) is 5.91 Å². The molecule has 2 N–H and O–H groups in total. The molecule has 1 rings (SSSR count). The smallest absolute Gasteiger partial charge is 0.242 e. The molecule has 0 atom stereocenters. The molecule has 6 nitrogen and oxygen atoms in total. The maximum Gasteiger partial charge on any atom is 0.242 e. The van der Waals surface area contributed by atoms with Crippen molar-refractivity contribution in [3.05, 3.63) is 35.9 Å². The van der Waals surface area contributed by atoms with E-state index in [0.29, 0.717) is 25.0 Å². The molecule has 0 aliphatic heterocycles. The Kier molecular flexibility index (Phi) is 11.1. The summed E-state index contributed by atoms with van der Waals surface area (Å²) in [6.45, 7) is 10.1. The first-order valence-corrected chi connectivity index (χ1v) is 9.40. The molecule has 0 heterocycles. The summed E-state index contributed by atoms with van der Waals surface area (Å²) in [6.07, 6.45) is 0.899. The third-order valence-electron chi connectivity index (χ3n) is 3.79.